The lowest BCUT2D eigenvalue weighted by Crippen LogP contribution is -1.99. The maximum Gasteiger partial charge on any atom is 0.307 e. The summed E-state index contributed by atoms with van der Waals surface area (Å²) in [6, 6.07) is 6.98. The quantitative estimate of drug-likeness (QED) is 0.909. The zero-order valence-electron chi connectivity index (χ0n) is 10.1. The molecule has 5 nitrogen and oxygen atoms in total. The van der Waals surface area contributed by atoms with E-state index in [1.165, 1.54) is 24.4 Å². The molecule has 1 aromatic carbocycles. The molecule has 98 valence electrons. The van der Waals surface area contributed by atoms with Crippen molar-refractivity contribution in [2.24, 2.45) is 0 Å². The first kappa shape index (κ1) is 12.1. The molecule has 0 saturated heterocycles. The van der Waals surface area contributed by atoms with E-state index in [2.05, 4.69) is 9.36 Å². The lowest BCUT2D eigenvalue weighted by Gasteiger charge is -2.02. The Morgan fingerprint density at radius 3 is 2.74 bits per heavy atom. The number of carboxylic acid groups (broad SMARTS) is 1. The SMILES string of the molecule is O=C(O)Cc1ccc(Oc2nc(C3CC3)ns2)cc1. The average Bonchev–Trinajstić information content (AvgIpc) is 3.12. The van der Waals surface area contributed by atoms with Crippen molar-refractivity contribution in [3.05, 3.63) is 35.7 Å². The van der Waals surface area contributed by atoms with Crippen LogP contribution in [0.25, 0.3) is 0 Å². The molecule has 1 aliphatic carbocycles. The second-order valence-corrected chi connectivity index (χ2v) is 5.22. The highest BCUT2D eigenvalue weighted by Crippen LogP contribution is 2.40. The molecule has 0 aliphatic heterocycles. The van der Waals surface area contributed by atoms with Crippen molar-refractivity contribution in [3.8, 4) is 10.9 Å². The molecule has 6 heteroatoms. The zero-order valence-corrected chi connectivity index (χ0v) is 10.9. The highest BCUT2D eigenvalue weighted by atomic mass is 32.1. The third-order valence-corrected chi connectivity index (χ3v) is 3.46. The molecule has 1 aromatic heterocycles. The number of aromatic nitrogens is 2. The number of hydrogen-bond acceptors (Lipinski definition) is 5. The van der Waals surface area contributed by atoms with Gasteiger partial charge in [0.25, 0.3) is 5.19 Å². The van der Waals surface area contributed by atoms with Gasteiger partial charge in [-0.3, -0.25) is 4.79 Å². The van der Waals surface area contributed by atoms with Gasteiger partial charge in [0, 0.05) is 17.5 Å². The topological polar surface area (TPSA) is 72.3 Å². The van der Waals surface area contributed by atoms with Gasteiger partial charge in [-0.1, -0.05) is 12.1 Å². The Bertz CT molecular complexity index is 590. The Kier molecular flexibility index (Phi) is 3.16. The Morgan fingerprint density at radius 1 is 1.37 bits per heavy atom. The number of carbonyl (C=O) groups is 1. The van der Waals surface area contributed by atoms with E-state index in [0.717, 1.165) is 11.4 Å². The number of benzene rings is 1. The summed E-state index contributed by atoms with van der Waals surface area (Å²) in [6.07, 6.45) is 2.35. The van der Waals surface area contributed by atoms with Crippen molar-refractivity contribution in [2.45, 2.75) is 25.2 Å². The fourth-order valence-electron chi connectivity index (χ4n) is 1.72. The van der Waals surface area contributed by atoms with Crippen molar-refractivity contribution in [2.75, 3.05) is 0 Å². The summed E-state index contributed by atoms with van der Waals surface area (Å²) in [7, 11) is 0. The van der Waals surface area contributed by atoms with Gasteiger partial charge in [0.05, 0.1) is 6.42 Å². The summed E-state index contributed by atoms with van der Waals surface area (Å²) in [5.74, 6) is 1.20. The van der Waals surface area contributed by atoms with Gasteiger partial charge in [-0.25, -0.2) is 0 Å². The lowest BCUT2D eigenvalue weighted by atomic mass is 10.1. The maximum absolute atomic E-state index is 10.6. The average molecular weight is 276 g/mol. The van der Waals surface area contributed by atoms with Crippen LogP contribution in [-0.4, -0.2) is 20.4 Å². The number of carboxylic acids is 1. The Balaban J connectivity index is 1.66. The molecule has 0 spiro atoms. The molecule has 0 atom stereocenters. The first-order chi connectivity index (χ1) is 9.20. The van der Waals surface area contributed by atoms with Gasteiger partial charge in [0.2, 0.25) is 0 Å². The Labute approximate surface area is 114 Å². The van der Waals surface area contributed by atoms with Crippen LogP contribution in [0.15, 0.2) is 24.3 Å². The van der Waals surface area contributed by atoms with Crippen LogP contribution in [-0.2, 0) is 11.2 Å². The highest BCUT2D eigenvalue weighted by molar-refractivity contribution is 7.07. The molecule has 1 heterocycles. The molecule has 1 aliphatic rings. The summed E-state index contributed by atoms with van der Waals surface area (Å²) >= 11 is 1.25. The van der Waals surface area contributed by atoms with E-state index in [1.54, 1.807) is 24.3 Å². The highest BCUT2D eigenvalue weighted by Gasteiger charge is 2.28. The monoisotopic (exact) mass is 276 g/mol. The van der Waals surface area contributed by atoms with Crippen LogP contribution in [0.2, 0.25) is 0 Å². The fraction of sp³-hybridized carbons (Fsp3) is 0.308. The predicted octanol–water partition coefficient (Wildman–Crippen LogP) is 2.83. The van der Waals surface area contributed by atoms with E-state index < -0.39 is 5.97 Å². The van der Waals surface area contributed by atoms with Crippen LogP contribution in [0.1, 0.15) is 30.1 Å². The van der Waals surface area contributed by atoms with Gasteiger partial charge >= 0.3 is 5.97 Å². The largest absolute Gasteiger partial charge is 0.481 e. The van der Waals surface area contributed by atoms with Gasteiger partial charge in [-0.2, -0.15) is 9.36 Å². The van der Waals surface area contributed by atoms with Crippen molar-refractivity contribution < 1.29 is 14.6 Å². The second kappa shape index (κ2) is 4.97. The summed E-state index contributed by atoms with van der Waals surface area (Å²) in [5, 5.41) is 9.22. The number of aliphatic carboxylic acids is 1. The van der Waals surface area contributed by atoms with Crippen LogP contribution < -0.4 is 4.74 Å². The molecule has 3 rings (SSSR count). The number of rotatable bonds is 5. The van der Waals surface area contributed by atoms with Crippen LogP contribution in [0.4, 0.5) is 0 Å². The molecule has 19 heavy (non-hydrogen) atoms. The van der Waals surface area contributed by atoms with Crippen molar-refractivity contribution >= 4 is 17.5 Å². The second-order valence-electron chi connectivity index (χ2n) is 4.51. The first-order valence-corrected chi connectivity index (χ1v) is 6.80. The molecular formula is C13H12N2O3S. The minimum atomic E-state index is -0.841. The standard InChI is InChI=1S/C13H12N2O3S/c16-11(17)7-8-1-5-10(6-2-8)18-13-14-12(15-19-13)9-3-4-9/h1-2,5-6,9H,3-4,7H2,(H,16,17). The first-order valence-electron chi connectivity index (χ1n) is 6.03. The number of ether oxygens (including phenoxy) is 1. The van der Waals surface area contributed by atoms with Crippen molar-refractivity contribution in [1.29, 1.82) is 0 Å². The minimum Gasteiger partial charge on any atom is -0.481 e. The van der Waals surface area contributed by atoms with Gasteiger partial charge in [-0.15, -0.1) is 0 Å². The molecule has 0 radical (unpaired) electrons. The van der Waals surface area contributed by atoms with Crippen molar-refractivity contribution in [1.82, 2.24) is 9.36 Å². The van der Waals surface area contributed by atoms with Crippen LogP contribution in [0, 0.1) is 0 Å². The molecule has 2 aromatic rings. The Morgan fingerprint density at radius 2 is 2.11 bits per heavy atom. The van der Waals surface area contributed by atoms with E-state index >= 15 is 0 Å². The van der Waals surface area contributed by atoms with E-state index in [4.69, 9.17) is 9.84 Å². The van der Waals surface area contributed by atoms with Gasteiger partial charge in [-0.05, 0) is 30.5 Å². The van der Waals surface area contributed by atoms with E-state index in [1.807, 2.05) is 0 Å². The fourth-order valence-corrected chi connectivity index (χ4v) is 2.35. The normalized spacial score (nSPS) is 14.3. The van der Waals surface area contributed by atoms with E-state index in [0.29, 0.717) is 16.9 Å². The molecule has 0 amide bonds. The van der Waals surface area contributed by atoms with Gasteiger partial charge < -0.3 is 9.84 Å². The summed E-state index contributed by atoms with van der Waals surface area (Å²) in [4.78, 5) is 14.9. The molecule has 1 saturated carbocycles. The minimum absolute atomic E-state index is 0.0188. The van der Waals surface area contributed by atoms with Crippen molar-refractivity contribution in [3.63, 3.8) is 0 Å². The smallest absolute Gasteiger partial charge is 0.307 e. The molecule has 1 N–H and O–H groups in total. The maximum atomic E-state index is 10.6. The summed E-state index contributed by atoms with van der Waals surface area (Å²) < 4.78 is 9.85. The molecule has 0 bridgehead atoms. The van der Waals surface area contributed by atoms with Crippen LogP contribution in [0.5, 0.6) is 10.9 Å². The van der Waals surface area contributed by atoms with Gasteiger partial charge in [0.15, 0.2) is 0 Å². The van der Waals surface area contributed by atoms with Gasteiger partial charge in [0.1, 0.15) is 11.6 Å². The molecule has 0 unspecified atom stereocenters. The van der Waals surface area contributed by atoms with Crippen LogP contribution in [0.3, 0.4) is 0 Å². The molecular weight excluding hydrogens is 264 g/mol. The zero-order chi connectivity index (χ0) is 13.2. The predicted molar refractivity (Wildman–Crippen MR) is 69.7 cm³/mol. The van der Waals surface area contributed by atoms with Crippen LogP contribution >= 0.6 is 11.5 Å². The third-order valence-electron chi connectivity index (χ3n) is 2.85. The van der Waals surface area contributed by atoms with E-state index in [9.17, 15) is 4.79 Å². The van der Waals surface area contributed by atoms with E-state index in [-0.39, 0.29) is 6.42 Å². The number of hydrogen-bond donors (Lipinski definition) is 1. The summed E-state index contributed by atoms with van der Waals surface area (Å²) in [5.41, 5.74) is 0.746. The Hall–Kier alpha value is -1.95. The third kappa shape index (κ3) is 3.08. The molecule has 1 fully saturated rings. The summed E-state index contributed by atoms with van der Waals surface area (Å²) in [6.45, 7) is 0. The lowest BCUT2D eigenvalue weighted by molar-refractivity contribution is -0.136. The number of nitrogens with zero attached hydrogens (tertiary/aromatic N) is 2.